The number of carbonyl (C=O) groups excluding carboxylic acids is 2. The normalized spacial score (nSPS) is 18.6. The predicted molar refractivity (Wildman–Crippen MR) is 113 cm³/mol. The number of aromatic nitrogens is 1. The van der Waals surface area contributed by atoms with Crippen LogP contribution in [-0.4, -0.2) is 77.4 Å². The zero-order valence-corrected chi connectivity index (χ0v) is 17.3. The van der Waals surface area contributed by atoms with Gasteiger partial charge in [-0.15, -0.1) is 24.2 Å². The summed E-state index contributed by atoms with van der Waals surface area (Å²) in [7, 11) is 0. The summed E-state index contributed by atoms with van der Waals surface area (Å²) >= 11 is 1.41. The molecule has 0 unspecified atom stereocenters. The summed E-state index contributed by atoms with van der Waals surface area (Å²) in [6, 6.07) is 3.87. The number of furan rings is 1. The van der Waals surface area contributed by atoms with Crippen LogP contribution in [-0.2, 0) is 9.59 Å². The van der Waals surface area contributed by atoms with E-state index in [0.717, 1.165) is 62.4 Å². The molecule has 2 amide bonds. The molecule has 2 fully saturated rings. The molecule has 0 bridgehead atoms. The van der Waals surface area contributed by atoms with Gasteiger partial charge in [-0.1, -0.05) is 0 Å². The van der Waals surface area contributed by atoms with Gasteiger partial charge in [-0.3, -0.25) is 19.4 Å². The van der Waals surface area contributed by atoms with Crippen molar-refractivity contribution in [3.05, 3.63) is 24.6 Å². The summed E-state index contributed by atoms with van der Waals surface area (Å²) in [6.45, 7) is 5.43. The topological polar surface area (TPSA) is 69.9 Å². The minimum atomic E-state index is -0.0363. The van der Waals surface area contributed by atoms with Crippen molar-refractivity contribution >= 4 is 52.8 Å². The van der Waals surface area contributed by atoms with Gasteiger partial charge in [0.2, 0.25) is 11.8 Å². The van der Waals surface area contributed by atoms with Crippen molar-refractivity contribution < 1.29 is 14.0 Å². The largest absolute Gasteiger partial charge is 0.464 e. The molecule has 2 saturated heterocycles. The number of piperazine rings is 1. The Morgan fingerprint density at radius 2 is 1.71 bits per heavy atom. The number of rotatable bonds is 6. The van der Waals surface area contributed by atoms with Gasteiger partial charge < -0.3 is 9.32 Å². The molecule has 4 heterocycles. The van der Waals surface area contributed by atoms with Gasteiger partial charge in [0.15, 0.2) is 0 Å². The van der Waals surface area contributed by atoms with Crippen molar-refractivity contribution in [2.24, 2.45) is 0 Å². The Morgan fingerprint density at radius 1 is 1.00 bits per heavy atom. The van der Waals surface area contributed by atoms with E-state index < -0.39 is 0 Å². The number of halogens is 1. The van der Waals surface area contributed by atoms with Gasteiger partial charge >= 0.3 is 0 Å². The molecule has 152 valence electrons. The van der Waals surface area contributed by atoms with Crippen LogP contribution in [0.1, 0.15) is 12.8 Å². The first-order chi connectivity index (χ1) is 13.2. The number of imide groups is 1. The molecule has 0 aromatic carbocycles. The molecular weight excluding hydrogens is 400 g/mol. The first-order valence-corrected chi connectivity index (χ1v) is 10.6. The molecule has 0 aliphatic carbocycles. The Balaban J connectivity index is 0.00000225. The van der Waals surface area contributed by atoms with Crippen molar-refractivity contribution in [1.29, 1.82) is 0 Å². The highest BCUT2D eigenvalue weighted by Gasteiger charge is 2.26. The summed E-state index contributed by atoms with van der Waals surface area (Å²) in [5.41, 5.74) is 0.877. The molecule has 2 aliphatic heterocycles. The lowest BCUT2D eigenvalue weighted by atomic mass is 10.2. The Bertz CT molecular complexity index is 806. The zero-order chi connectivity index (χ0) is 18.6. The maximum Gasteiger partial charge on any atom is 0.239 e. The van der Waals surface area contributed by atoms with Gasteiger partial charge in [0, 0.05) is 38.9 Å². The Morgan fingerprint density at radius 3 is 2.46 bits per heavy atom. The molecule has 2 aromatic rings. The van der Waals surface area contributed by atoms with Crippen molar-refractivity contribution in [3.63, 3.8) is 0 Å². The van der Waals surface area contributed by atoms with E-state index in [0.29, 0.717) is 18.1 Å². The second-order valence-electron chi connectivity index (χ2n) is 6.93. The Hall–Kier alpha value is -1.77. The third-order valence-electron chi connectivity index (χ3n) is 5.19. The summed E-state index contributed by atoms with van der Waals surface area (Å²) in [5.74, 6) is 1.80. The fraction of sp³-hybridized carbons (Fsp3) is 0.526. The Labute approximate surface area is 174 Å². The SMILES string of the molecule is Cl.O=C1CSCC(=O)N1CCCCN1CCN(c2nccc3occc23)CC1. The maximum atomic E-state index is 11.8. The highest BCUT2D eigenvalue weighted by Crippen LogP contribution is 2.26. The van der Waals surface area contributed by atoms with E-state index in [1.165, 1.54) is 16.7 Å². The summed E-state index contributed by atoms with van der Waals surface area (Å²) < 4.78 is 5.47. The summed E-state index contributed by atoms with van der Waals surface area (Å²) in [4.78, 5) is 34.3. The number of nitrogens with zero attached hydrogens (tertiary/aromatic N) is 4. The fourth-order valence-electron chi connectivity index (χ4n) is 3.69. The Kier molecular flexibility index (Phi) is 7.20. The van der Waals surface area contributed by atoms with Crippen LogP contribution in [0.4, 0.5) is 5.82 Å². The molecule has 0 spiro atoms. The van der Waals surface area contributed by atoms with Crippen molar-refractivity contribution in [1.82, 2.24) is 14.8 Å². The average Bonchev–Trinajstić information content (AvgIpc) is 3.16. The molecular formula is C19H25ClN4O3S. The van der Waals surface area contributed by atoms with Crippen LogP contribution in [0.15, 0.2) is 29.0 Å². The van der Waals surface area contributed by atoms with E-state index in [-0.39, 0.29) is 24.2 Å². The number of fused-ring (bicyclic) bond motifs is 1. The molecule has 7 nitrogen and oxygen atoms in total. The average molecular weight is 425 g/mol. The first kappa shape index (κ1) is 21.0. The molecule has 9 heteroatoms. The summed E-state index contributed by atoms with van der Waals surface area (Å²) in [6.07, 6.45) is 5.38. The quantitative estimate of drug-likeness (QED) is 0.520. The molecule has 0 atom stereocenters. The molecule has 28 heavy (non-hydrogen) atoms. The van der Waals surface area contributed by atoms with Crippen LogP contribution >= 0.6 is 24.2 Å². The number of carbonyl (C=O) groups is 2. The number of anilines is 1. The van der Waals surface area contributed by atoms with E-state index in [1.807, 2.05) is 12.1 Å². The second kappa shape index (κ2) is 9.62. The minimum Gasteiger partial charge on any atom is -0.464 e. The zero-order valence-electron chi connectivity index (χ0n) is 15.7. The van der Waals surface area contributed by atoms with Crippen LogP contribution < -0.4 is 4.90 Å². The molecule has 0 radical (unpaired) electrons. The monoisotopic (exact) mass is 424 g/mol. The number of hydrogen-bond donors (Lipinski definition) is 0. The van der Waals surface area contributed by atoms with Crippen LogP contribution in [0.5, 0.6) is 0 Å². The van der Waals surface area contributed by atoms with Gasteiger partial charge in [0.25, 0.3) is 0 Å². The smallest absolute Gasteiger partial charge is 0.239 e. The highest BCUT2D eigenvalue weighted by molar-refractivity contribution is 8.00. The standard InChI is InChI=1S/C19H24N4O3S.ClH/c24-17-13-27-14-18(25)23(17)7-2-1-6-21-8-10-22(11-9-21)19-15-4-12-26-16(15)3-5-20-19;/h3-5,12H,1-2,6-11,13-14H2;1H. The molecule has 2 aromatic heterocycles. The lowest BCUT2D eigenvalue weighted by Gasteiger charge is -2.35. The third kappa shape index (κ3) is 4.61. The highest BCUT2D eigenvalue weighted by atomic mass is 35.5. The van der Waals surface area contributed by atoms with E-state index >= 15 is 0 Å². The summed E-state index contributed by atoms with van der Waals surface area (Å²) in [5, 5.41) is 1.07. The van der Waals surface area contributed by atoms with Crippen molar-refractivity contribution in [2.75, 3.05) is 55.7 Å². The second-order valence-corrected chi connectivity index (χ2v) is 7.92. The lowest BCUT2D eigenvalue weighted by Crippen LogP contribution is -2.47. The number of hydrogen-bond acceptors (Lipinski definition) is 7. The fourth-order valence-corrected chi connectivity index (χ4v) is 4.45. The molecule has 4 rings (SSSR count). The number of thioether (sulfide) groups is 1. The van der Waals surface area contributed by atoms with Crippen LogP contribution in [0.2, 0.25) is 0 Å². The molecule has 0 N–H and O–H groups in total. The maximum absolute atomic E-state index is 11.8. The molecule has 0 saturated carbocycles. The lowest BCUT2D eigenvalue weighted by molar-refractivity contribution is -0.142. The number of unbranched alkanes of at least 4 members (excludes halogenated alkanes) is 1. The number of amides is 2. The third-order valence-corrected chi connectivity index (χ3v) is 6.09. The van der Waals surface area contributed by atoms with Crippen molar-refractivity contribution in [2.45, 2.75) is 12.8 Å². The van der Waals surface area contributed by atoms with Gasteiger partial charge in [0.05, 0.1) is 23.2 Å². The van der Waals surface area contributed by atoms with Gasteiger partial charge in [-0.05, 0) is 31.5 Å². The van der Waals surface area contributed by atoms with Crippen LogP contribution in [0.3, 0.4) is 0 Å². The van der Waals surface area contributed by atoms with E-state index in [4.69, 9.17) is 4.42 Å². The van der Waals surface area contributed by atoms with Crippen LogP contribution in [0.25, 0.3) is 11.0 Å². The van der Waals surface area contributed by atoms with E-state index in [2.05, 4.69) is 14.8 Å². The van der Waals surface area contributed by atoms with Gasteiger partial charge in [-0.25, -0.2) is 4.98 Å². The van der Waals surface area contributed by atoms with Crippen LogP contribution in [0, 0.1) is 0 Å². The van der Waals surface area contributed by atoms with E-state index in [1.54, 1.807) is 12.5 Å². The van der Waals surface area contributed by atoms with E-state index in [9.17, 15) is 9.59 Å². The van der Waals surface area contributed by atoms with Crippen molar-refractivity contribution in [3.8, 4) is 0 Å². The van der Waals surface area contributed by atoms with Gasteiger partial charge in [0.1, 0.15) is 11.4 Å². The first-order valence-electron chi connectivity index (χ1n) is 9.43. The van der Waals surface area contributed by atoms with Gasteiger partial charge in [-0.2, -0.15) is 0 Å². The number of pyridine rings is 1. The molecule has 2 aliphatic rings. The minimum absolute atomic E-state index is 0. The predicted octanol–water partition coefficient (Wildman–Crippen LogP) is 2.25.